The summed E-state index contributed by atoms with van der Waals surface area (Å²) >= 11 is 0. The van der Waals surface area contributed by atoms with Gasteiger partial charge < -0.3 is 5.11 Å². The molecule has 2 aromatic rings. The first-order valence-corrected chi connectivity index (χ1v) is 6.91. The van der Waals surface area contributed by atoms with E-state index < -0.39 is 17.5 Å². The Morgan fingerprint density at radius 3 is 2.14 bits per heavy atom. The summed E-state index contributed by atoms with van der Waals surface area (Å²) in [5.41, 5.74) is 0.820. The third-order valence-electron chi connectivity index (χ3n) is 4.36. The Hall–Kier alpha value is -2.46. The molecule has 21 heavy (non-hydrogen) atoms. The summed E-state index contributed by atoms with van der Waals surface area (Å²) in [4.78, 5) is 26.1. The van der Waals surface area contributed by atoms with Crippen LogP contribution in [0.25, 0.3) is 0 Å². The fourth-order valence-electron chi connectivity index (χ4n) is 3.33. The number of nitrogens with zero attached hydrogens (tertiary/aromatic N) is 1. The van der Waals surface area contributed by atoms with Crippen molar-refractivity contribution in [2.75, 3.05) is 0 Å². The summed E-state index contributed by atoms with van der Waals surface area (Å²) in [7, 11) is 0. The van der Waals surface area contributed by atoms with Crippen LogP contribution in [0.4, 0.5) is 0 Å². The minimum absolute atomic E-state index is 0.345. The Balaban J connectivity index is 1.86. The lowest BCUT2D eigenvalue weighted by molar-refractivity contribution is -0.0724. The Morgan fingerprint density at radius 2 is 1.48 bits per heavy atom. The first-order valence-electron chi connectivity index (χ1n) is 6.91. The van der Waals surface area contributed by atoms with Gasteiger partial charge in [0.05, 0.1) is 11.1 Å². The SMILES string of the molecule is O=C1c2ccccc2C(=O)N1[C@@]1(O)CCc2ccccc21. The van der Waals surface area contributed by atoms with Gasteiger partial charge in [-0.25, -0.2) is 4.90 Å². The van der Waals surface area contributed by atoms with Crippen molar-refractivity contribution in [1.82, 2.24) is 4.90 Å². The maximum Gasteiger partial charge on any atom is 0.264 e. The van der Waals surface area contributed by atoms with E-state index in [1.807, 2.05) is 18.2 Å². The maximum absolute atomic E-state index is 12.6. The van der Waals surface area contributed by atoms with Gasteiger partial charge in [0.25, 0.3) is 11.8 Å². The molecule has 0 saturated heterocycles. The number of hydrogen-bond acceptors (Lipinski definition) is 3. The quantitative estimate of drug-likeness (QED) is 0.813. The predicted molar refractivity (Wildman–Crippen MR) is 75.6 cm³/mol. The first kappa shape index (κ1) is 12.3. The number of fused-ring (bicyclic) bond motifs is 2. The molecule has 1 atom stereocenters. The molecular weight excluding hydrogens is 266 g/mol. The van der Waals surface area contributed by atoms with Gasteiger partial charge in [0.1, 0.15) is 0 Å². The highest BCUT2D eigenvalue weighted by Crippen LogP contribution is 2.43. The average molecular weight is 279 g/mol. The zero-order chi connectivity index (χ0) is 14.6. The van der Waals surface area contributed by atoms with Crippen molar-refractivity contribution in [2.45, 2.75) is 18.6 Å². The van der Waals surface area contributed by atoms with Crippen LogP contribution in [0.2, 0.25) is 0 Å². The molecule has 0 aromatic heterocycles. The van der Waals surface area contributed by atoms with Crippen LogP contribution in [-0.4, -0.2) is 21.8 Å². The number of amides is 2. The van der Waals surface area contributed by atoms with E-state index in [1.165, 1.54) is 0 Å². The third-order valence-corrected chi connectivity index (χ3v) is 4.36. The molecule has 104 valence electrons. The lowest BCUT2D eigenvalue weighted by atomic mass is 10.0. The summed E-state index contributed by atoms with van der Waals surface area (Å²) in [6, 6.07) is 14.1. The van der Waals surface area contributed by atoms with Crippen molar-refractivity contribution in [3.05, 3.63) is 70.8 Å². The number of benzene rings is 2. The molecule has 4 heteroatoms. The van der Waals surface area contributed by atoms with E-state index in [4.69, 9.17) is 0 Å². The molecule has 1 aliphatic carbocycles. The standard InChI is InChI=1S/C17H13NO3/c19-15-12-6-2-3-7-13(12)16(20)18(15)17(21)10-9-11-5-1-4-8-14(11)17/h1-8,21H,9-10H2/t17-/m1/s1. The van der Waals surface area contributed by atoms with Gasteiger partial charge in [0.2, 0.25) is 0 Å². The van der Waals surface area contributed by atoms with Gasteiger partial charge in [-0.2, -0.15) is 0 Å². The van der Waals surface area contributed by atoms with E-state index >= 15 is 0 Å². The largest absolute Gasteiger partial charge is 0.366 e. The lowest BCUT2D eigenvalue weighted by Crippen LogP contribution is -2.48. The molecule has 2 aliphatic rings. The van der Waals surface area contributed by atoms with E-state index in [0.29, 0.717) is 29.5 Å². The van der Waals surface area contributed by atoms with Gasteiger partial charge in [-0.1, -0.05) is 36.4 Å². The fourth-order valence-corrected chi connectivity index (χ4v) is 3.33. The molecule has 0 fully saturated rings. The Morgan fingerprint density at radius 1 is 0.905 bits per heavy atom. The Labute approximate surface area is 121 Å². The molecule has 1 N–H and O–H groups in total. The van der Waals surface area contributed by atoms with Crippen LogP contribution in [0.5, 0.6) is 0 Å². The smallest absolute Gasteiger partial charge is 0.264 e. The molecule has 4 nitrogen and oxygen atoms in total. The lowest BCUT2D eigenvalue weighted by Gasteiger charge is -2.32. The van der Waals surface area contributed by atoms with Gasteiger partial charge in [-0.15, -0.1) is 0 Å². The second kappa shape index (κ2) is 4.02. The van der Waals surface area contributed by atoms with Crippen molar-refractivity contribution in [1.29, 1.82) is 0 Å². The molecule has 0 bridgehead atoms. The summed E-state index contributed by atoms with van der Waals surface area (Å²) in [6.45, 7) is 0. The van der Waals surface area contributed by atoms with E-state index in [2.05, 4.69) is 0 Å². The molecule has 2 aromatic carbocycles. The number of rotatable bonds is 1. The van der Waals surface area contributed by atoms with Crippen molar-refractivity contribution in [3.8, 4) is 0 Å². The first-order chi connectivity index (χ1) is 10.1. The second-order valence-corrected chi connectivity index (χ2v) is 5.47. The van der Waals surface area contributed by atoms with Crippen LogP contribution in [0.3, 0.4) is 0 Å². The number of hydrogen-bond donors (Lipinski definition) is 1. The molecule has 0 spiro atoms. The minimum atomic E-state index is -1.54. The number of aliphatic hydroxyl groups is 1. The molecule has 2 amide bonds. The summed E-state index contributed by atoms with van der Waals surface area (Å²) < 4.78 is 0. The summed E-state index contributed by atoms with van der Waals surface area (Å²) in [6.07, 6.45) is 0.998. The van der Waals surface area contributed by atoms with Crippen LogP contribution in [0, 0.1) is 0 Å². The third kappa shape index (κ3) is 1.48. The summed E-state index contributed by atoms with van der Waals surface area (Å²) in [5, 5.41) is 11.0. The second-order valence-electron chi connectivity index (χ2n) is 5.47. The van der Waals surface area contributed by atoms with Crippen LogP contribution >= 0.6 is 0 Å². The Kier molecular flexibility index (Phi) is 2.35. The highest BCUT2D eigenvalue weighted by atomic mass is 16.3. The number of carbonyl (C=O) groups excluding carboxylic acids is 2. The minimum Gasteiger partial charge on any atom is -0.366 e. The van der Waals surface area contributed by atoms with Crippen molar-refractivity contribution < 1.29 is 14.7 Å². The zero-order valence-electron chi connectivity index (χ0n) is 11.2. The fraction of sp³-hybridized carbons (Fsp3) is 0.176. The van der Waals surface area contributed by atoms with Crippen molar-refractivity contribution >= 4 is 11.8 Å². The van der Waals surface area contributed by atoms with Gasteiger partial charge in [0, 0.05) is 12.0 Å². The molecule has 4 rings (SSSR count). The number of carbonyl (C=O) groups is 2. The topological polar surface area (TPSA) is 57.6 Å². The monoisotopic (exact) mass is 279 g/mol. The van der Waals surface area contributed by atoms with E-state index in [1.54, 1.807) is 30.3 Å². The molecule has 1 heterocycles. The number of imide groups is 1. The van der Waals surface area contributed by atoms with Crippen LogP contribution in [0.15, 0.2) is 48.5 Å². The normalized spacial score (nSPS) is 23.4. The van der Waals surface area contributed by atoms with Gasteiger partial charge >= 0.3 is 0 Å². The van der Waals surface area contributed by atoms with Crippen LogP contribution < -0.4 is 0 Å². The van der Waals surface area contributed by atoms with Crippen LogP contribution in [-0.2, 0) is 12.1 Å². The molecule has 0 unspecified atom stereocenters. The zero-order valence-corrected chi connectivity index (χ0v) is 11.2. The molecule has 0 radical (unpaired) electrons. The molecular formula is C17H13NO3. The number of aryl methyl sites for hydroxylation is 1. The van der Waals surface area contributed by atoms with E-state index in [9.17, 15) is 14.7 Å². The van der Waals surface area contributed by atoms with Crippen LogP contribution in [0.1, 0.15) is 38.3 Å². The molecule has 0 saturated carbocycles. The predicted octanol–water partition coefficient (Wildman–Crippen LogP) is 2.07. The van der Waals surface area contributed by atoms with Crippen molar-refractivity contribution in [2.24, 2.45) is 0 Å². The highest BCUT2D eigenvalue weighted by molar-refractivity contribution is 6.21. The summed E-state index contributed by atoms with van der Waals surface area (Å²) in [5.74, 6) is -0.843. The van der Waals surface area contributed by atoms with E-state index in [0.717, 1.165) is 10.5 Å². The van der Waals surface area contributed by atoms with Gasteiger partial charge in [-0.3, -0.25) is 9.59 Å². The highest BCUT2D eigenvalue weighted by Gasteiger charge is 2.51. The maximum atomic E-state index is 12.6. The van der Waals surface area contributed by atoms with Gasteiger partial charge in [-0.05, 0) is 24.1 Å². The Bertz CT molecular complexity index is 748. The average Bonchev–Trinajstić information content (AvgIpc) is 2.98. The molecule has 1 aliphatic heterocycles. The van der Waals surface area contributed by atoms with Crippen molar-refractivity contribution in [3.63, 3.8) is 0 Å². The van der Waals surface area contributed by atoms with E-state index in [-0.39, 0.29) is 0 Å². The van der Waals surface area contributed by atoms with Gasteiger partial charge in [0.15, 0.2) is 5.72 Å².